The second kappa shape index (κ2) is 7.58. The van der Waals surface area contributed by atoms with Crippen molar-refractivity contribution in [1.29, 1.82) is 10.8 Å². The van der Waals surface area contributed by atoms with E-state index in [0.717, 1.165) is 33.7 Å². The van der Waals surface area contributed by atoms with Crippen LogP contribution in [-0.4, -0.2) is 30.6 Å². The van der Waals surface area contributed by atoms with E-state index in [0.29, 0.717) is 6.54 Å². The van der Waals surface area contributed by atoms with Gasteiger partial charge in [-0.1, -0.05) is 48.2 Å². The van der Waals surface area contributed by atoms with Crippen molar-refractivity contribution >= 4 is 54.3 Å². The number of amidine groups is 2. The Morgan fingerprint density at radius 2 is 1.80 bits per heavy atom. The maximum atomic E-state index is 11.3. The summed E-state index contributed by atoms with van der Waals surface area (Å²) < 4.78 is -1.12. The SMILES string of the molecule is Cc1ccc(CN(C(=N)Br)C(=N)SC(C)(C)C(=O)O)c2ccccc12. The Labute approximate surface area is 159 Å². The van der Waals surface area contributed by atoms with Crippen LogP contribution < -0.4 is 0 Å². The second-order valence-corrected chi connectivity index (χ2v) is 8.55. The molecule has 0 aliphatic rings. The third-order valence-electron chi connectivity index (χ3n) is 3.91. The summed E-state index contributed by atoms with van der Waals surface area (Å²) in [5.41, 5.74) is 2.14. The van der Waals surface area contributed by atoms with Gasteiger partial charge < -0.3 is 5.11 Å². The molecular formula is C18H20BrN3O2S. The van der Waals surface area contributed by atoms with Gasteiger partial charge in [0.05, 0.1) is 6.54 Å². The molecule has 132 valence electrons. The van der Waals surface area contributed by atoms with Gasteiger partial charge in [-0.2, -0.15) is 0 Å². The molecule has 0 aliphatic heterocycles. The first-order valence-corrected chi connectivity index (χ1v) is 9.24. The number of halogens is 1. The summed E-state index contributed by atoms with van der Waals surface area (Å²) >= 11 is 4.04. The average molecular weight is 422 g/mol. The van der Waals surface area contributed by atoms with E-state index in [2.05, 4.69) is 15.9 Å². The number of aliphatic carboxylic acids is 1. The number of rotatable bonds is 4. The largest absolute Gasteiger partial charge is 0.480 e. The number of hydrogen-bond acceptors (Lipinski definition) is 4. The normalized spacial score (nSPS) is 11.4. The summed E-state index contributed by atoms with van der Waals surface area (Å²) in [5, 5.41) is 27.7. The van der Waals surface area contributed by atoms with Crippen LogP contribution in [0.5, 0.6) is 0 Å². The lowest BCUT2D eigenvalue weighted by Gasteiger charge is -2.27. The first-order chi connectivity index (χ1) is 11.6. The maximum Gasteiger partial charge on any atom is 0.319 e. The molecule has 0 spiro atoms. The fourth-order valence-corrected chi connectivity index (χ4v) is 3.65. The number of carbonyl (C=O) groups is 1. The Morgan fingerprint density at radius 3 is 2.36 bits per heavy atom. The predicted octanol–water partition coefficient (Wildman–Crippen LogP) is 4.81. The average Bonchev–Trinajstić information content (AvgIpc) is 2.53. The van der Waals surface area contributed by atoms with E-state index in [1.165, 1.54) is 4.90 Å². The number of carboxylic acid groups (broad SMARTS) is 1. The van der Waals surface area contributed by atoms with E-state index in [4.69, 9.17) is 10.8 Å². The topological polar surface area (TPSA) is 88.2 Å². The molecule has 5 nitrogen and oxygen atoms in total. The molecule has 0 bridgehead atoms. The van der Waals surface area contributed by atoms with Crippen LogP contribution in [-0.2, 0) is 11.3 Å². The summed E-state index contributed by atoms with van der Waals surface area (Å²) in [6, 6.07) is 12.0. The molecule has 2 rings (SSSR count). The van der Waals surface area contributed by atoms with E-state index in [1.807, 2.05) is 43.3 Å². The molecule has 0 atom stereocenters. The number of fused-ring (bicyclic) bond motifs is 1. The van der Waals surface area contributed by atoms with Crippen LogP contribution in [0.15, 0.2) is 36.4 Å². The molecule has 2 aromatic carbocycles. The molecule has 0 heterocycles. The zero-order valence-corrected chi connectivity index (χ0v) is 16.7. The van der Waals surface area contributed by atoms with Gasteiger partial charge in [0.1, 0.15) is 4.75 Å². The molecule has 0 amide bonds. The van der Waals surface area contributed by atoms with Crippen molar-refractivity contribution in [2.45, 2.75) is 32.1 Å². The molecule has 0 aliphatic carbocycles. The minimum absolute atomic E-state index is 0.0129. The van der Waals surface area contributed by atoms with Crippen LogP contribution >= 0.6 is 27.7 Å². The van der Waals surface area contributed by atoms with Crippen LogP contribution in [0.3, 0.4) is 0 Å². The first-order valence-electron chi connectivity index (χ1n) is 7.63. The summed E-state index contributed by atoms with van der Waals surface area (Å²) in [7, 11) is 0. The number of nitrogens with one attached hydrogen (secondary N) is 2. The van der Waals surface area contributed by atoms with Crippen LogP contribution in [0.4, 0.5) is 0 Å². The highest BCUT2D eigenvalue weighted by molar-refractivity contribution is 9.18. The summed E-state index contributed by atoms with van der Waals surface area (Å²) in [4.78, 5) is 12.8. The zero-order chi connectivity index (χ0) is 18.8. The van der Waals surface area contributed by atoms with Crippen molar-refractivity contribution < 1.29 is 9.90 Å². The van der Waals surface area contributed by atoms with E-state index in [9.17, 15) is 9.90 Å². The summed E-state index contributed by atoms with van der Waals surface area (Å²) in [6.45, 7) is 5.45. The van der Waals surface area contributed by atoms with Gasteiger partial charge >= 0.3 is 5.97 Å². The minimum Gasteiger partial charge on any atom is -0.480 e. The van der Waals surface area contributed by atoms with Crippen molar-refractivity contribution in [3.63, 3.8) is 0 Å². The molecule has 25 heavy (non-hydrogen) atoms. The van der Waals surface area contributed by atoms with Crippen molar-refractivity contribution in [2.75, 3.05) is 0 Å². The number of aryl methyl sites for hydroxylation is 1. The molecule has 7 heteroatoms. The maximum absolute atomic E-state index is 11.3. The lowest BCUT2D eigenvalue weighted by molar-refractivity contribution is -0.138. The lowest BCUT2D eigenvalue weighted by Crippen LogP contribution is -2.36. The fraction of sp³-hybridized carbons (Fsp3) is 0.278. The number of carboxylic acids is 1. The molecule has 2 aromatic rings. The Hall–Kier alpha value is -1.86. The predicted molar refractivity (Wildman–Crippen MR) is 108 cm³/mol. The quantitative estimate of drug-likeness (QED) is 0.375. The molecule has 0 unspecified atom stereocenters. The Bertz CT molecular complexity index is 851. The molecular weight excluding hydrogens is 402 g/mol. The molecule has 0 aromatic heterocycles. The standard InChI is InChI=1S/C18H20BrN3O2S/c1-11-8-9-12(14-7-5-4-6-13(11)14)10-22(16(19)20)17(21)25-18(2,3)15(23)24/h4-9,20-21H,10H2,1-3H3,(H,23,24). The fourth-order valence-electron chi connectivity index (χ4n) is 2.39. The minimum atomic E-state index is -1.15. The van der Waals surface area contributed by atoms with Crippen molar-refractivity contribution in [3.05, 3.63) is 47.5 Å². The number of thioether (sulfide) groups is 1. The molecule has 0 fully saturated rings. The van der Waals surface area contributed by atoms with E-state index in [1.54, 1.807) is 13.8 Å². The van der Waals surface area contributed by atoms with Gasteiger partial charge in [-0.15, -0.1) is 0 Å². The number of benzene rings is 2. The van der Waals surface area contributed by atoms with Crippen molar-refractivity contribution in [2.24, 2.45) is 0 Å². The van der Waals surface area contributed by atoms with Crippen LogP contribution in [0.1, 0.15) is 25.0 Å². The number of hydrogen-bond donors (Lipinski definition) is 3. The lowest BCUT2D eigenvalue weighted by atomic mass is 10.0. The van der Waals surface area contributed by atoms with Crippen molar-refractivity contribution in [3.8, 4) is 0 Å². The molecule has 0 saturated heterocycles. The third kappa shape index (κ3) is 4.41. The second-order valence-electron chi connectivity index (χ2n) is 6.19. The molecule has 0 radical (unpaired) electrons. The smallest absolute Gasteiger partial charge is 0.319 e. The van der Waals surface area contributed by atoms with Crippen LogP contribution in [0.25, 0.3) is 10.8 Å². The van der Waals surface area contributed by atoms with Gasteiger partial charge in [-0.3, -0.25) is 20.5 Å². The van der Waals surface area contributed by atoms with Gasteiger partial charge in [-0.05, 0) is 58.6 Å². The van der Waals surface area contributed by atoms with Gasteiger partial charge in [-0.25, -0.2) is 0 Å². The Kier molecular flexibility index (Phi) is 5.90. The third-order valence-corrected chi connectivity index (χ3v) is 5.44. The summed E-state index contributed by atoms with van der Waals surface area (Å²) in [5.74, 6) is -0.996. The molecule has 3 N–H and O–H groups in total. The monoisotopic (exact) mass is 421 g/mol. The summed E-state index contributed by atoms with van der Waals surface area (Å²) in [6.07, 6.45) is 0. The highest BCUT2D eigenvalue weighted by atomic mass is 79.9. The van der Waals surface area contributed by atoms with E-state index >= 15 is 0 Å². The number of nitrogens with zero attached hydrogens (tertiary/aromatic N) is 1. The van der Waals surface area contributed by atoms with E-state index < -0.39 is 10.7 Å². The molecule has 0 saturated carbocycles. The Balaban J connectivity index is 2.35. The van der Waals surface area contributed by atoms with Crippen LogP contribution in [0, 0.1) is 17.7 Å². The van der Waals surface area contributed by atoms with Gasteiger partial charge in [0.2, 0.25) is 0 Å². The van der Waals surface area contributed by atoms with Gasteiger partial charge in [0.25, 0.3) is 0 Å². The van der Waals surface area contributed by atoms with Crippen LogP contribution in [0.2, 0.25) is 0 Å². The highest BCUT2D eigenvalue weighted by Crippen LogP contribution is 2.30. The first kappa shape index (κ1) is 19.5. The Morgan fingerprint density at radius 1 is 1.20 bits per heavy atom. The zero-order valence-electron chi connectivity index (χ0n) is 14.3. The van der Waals surface area contributed by atoms with Gasteiger partial charge in [0, 0.05) is 0 Å². The van der Waals surface area contributed by atoms with Gasteiger partial charge in [0.15, 0.2) is 9.91 Å². The highest BCUT2D eigenvalue weighted by Gasteiger charge is 2.32. The van der Waals surface area contributed by atoms with E-state index in [-0.39, 0.29) is 9.91 Å². The van der Waals surface area contributed by atoms with Crippen molar-refractivity contribution in [1.82, 2.24) is 4.90 Å².